The van der Waals surface area contributed by atoms with E-state index in [2.05, 4.69) is 17.2 Å². The van der Waals surface area contributed by atoms with Crippen molar-refractivity contribution in [1.29, 1.82) is 0 Å². The minimum atomic E-state index is -1.13. The molecular formula is C27H44N2O4. The Morgan fingerprint density at radius 2 is 1.55 bits per heavy atom. The molecule has 0 aliphatic heterocycles. The van der Waals surface area contributed by atoms with Crippen molar-refractivity contribution in [3.05, 3.63) is 60.2 Å². The Morgan fingerprint density at radius 1 is 0.970 bits per heavy atom. The molecule has 0 radical (unpaired) electrons. The maximum Gasteiger partial charge on any atom is 0.326 e. The van der Waals surface area contributed by atoms with Crippen molar-refractivity contribution in [2.75, 3.05) is 0 Å². The van der Waals surface area contributed by atoms with Crippen LogP contribution in [0.25, 0.3) is 0 Å². The zero-order valence-corrected chi connectivity index (χ0v) is 21.5. The predicted molar refractivity (Wildman–Crippen MR) is 137 cm³/mol. The Balaban J connectivity index is 0. The molecule has 186 valence electrons. The van der Waals surface area contributed by atoms with Crippen molar-refractivity contribution in [3.8, 4) is 0 Å². The molecule has 0 spiro atoms. The molecular weight excluding hydrogens is 416 g/mol. The van der Waals surface area contributed by atoms with Crippen molar-refractivity contribution in [2.45, 2.75) is 86.2 Å². The first-order chi connectivity index (χ1) is 15.8. The standard InChI is InChI=1S/C23H32N2O4.2C2H6/c1-5-17(6-2)15-20(23(28)29)25-22(27)19(24-21(26)14-16(3)4)13-12-18-10-8-7-9-11-18;2*1-2/h5-11,16,19-20H,1,12-15H2,2-4H3,(H,24,26)(H,25,27)(H,28,29);2*1-2H3/b17-6+;;/t19-,20-;;/m0../s1. The van der Waals surface area contributed by atoms with Gasteiger partial charge in [-0.15, -0.1) is 0 Å². The molecule has 1 aromatic rings. The number of aliphatic carboxylic acids is 1. The molecule has 0 aliphatic rings. The molecule has 0 aromatic heterocycles. The lowest BCUT2D eigenvalue weighted by molar-refractivity contribution is -0.142. The second kappa shape index (κ2) is 19.8. The first kappa shape index (κ1) is 32.3. The van der Waals surface area contributed by atoms with Gasteiger partial charge in [0.2, 0.25) is 11.8 Å². The average Bonchev–Trinajstić information content (AvgIpc) is 2.81. The number of nitrogens with one attached hydrogen (secondary N) is 2. The van der Waals surface area contributed by atoms with Crippen LogP contribution in [0, 0.1) is 5.92 Å². The summed E-state index contributed by atoms with van der Waals surface area (Å²) in [7, 11) is 0. The Kier molecular flexibility index (Phi) is 19.3. The summed E-state index contributed by atoms with van der Waals surface area (Å²) in [5, 5.41) is 14.8. The quantitative estimate of drug-likeness (QED) is 0.369. The summed E-state index contributed by atoms with van der Waals surface area (Å²) in [6.07, 6.45) is 4.73. The second-order valence-electron chi connectivity index (χ2n) is 7.41. The van der Waals surface area contributed by atoms with E-state index in [1.165, 1.54) is 0 Å². The first-order valence-corrected chi connectivity index (χ1v) is 11.9. The average molecular weight is 461 g/mol. The van der Waals surface area contributed by atoms with Gasteiger partial charge in [0.1, 0.15) is 12.1 Å². The molecule has 1 rings (SSSR count). The fourth-order valence-electron chi connectivity index (χ4n) is 2.88. The minimum Gasteiger partial charge on any atom is -0.480 e. The molecule has 0 saturated heterocycles. The molecule has 0 aliphatic carbocycles. The van der Waals surface area contributed by atoms with Crippen LogP contribution in [0.4, 0.5) is 0 Å². The topological polar surface area (TPSA) is 95.5 Å². The molecule has 3 N–H and O–H groups in total. The van der Waals surface area contributed by atoms with E-state index in [1.54, 1.807) is 19.1 Å². The lowest BCUT2D eigenvalue weighted by Gasteiger charge is -2.22. The number of carboxylic acids is 1. The van der Waals surface area contributed by atoms with Gasteiger partial charge in [-0.3, -0.25) is 9.59 Å². The SMILES string of the molecule is C=C/C(=C\C)C[C@H](NC(=O)[C@H](CCc1ccccc1)NC(=O)CC(C)C)C(=O)O.CC.CC. The smallest absolute Gasteiger partial charge is 0.326 e. The summed E-state index contributed by atoms with van der Waals surface area (Å²) in [6, 6.07) is 7.75. The van der Waals surface area contributed by atoms with Gasteiger partial charge in [0.05, 0.1) is 0 Å². The maximum absolute atomic E-state index is 12.8. The highest BCUT2D eigenvalue weighted by Crippen LogP contribution is 2.10. The van der Waals surface area contributed by atoms with Crippen LogP contribution in [0.3, 0.4) is 0 Å². The summed E-state index contributed by atoms with van der Waals surface area (Å²) < 4.78 is 0. The number of benzene rings is 1. The van der Waals surface area contributed by atoms with E-state index in [0.29, 0.717) is 19.3 Å². The highest BCUT2D eigenvalue weighted by atomic mass is 16.4. The molecule has 6 nitrogen and oxygen atoms in total. The third-order valence-corrected chi connectivity index (χ3v) is 4.50. The normalized spacial score (nSPS) is 12.2. The van der Waals surface area contributed by atoms with Crippen LogP contribution >= 0.6 is 0 Å². The van der Waals surface area contributed by atoms with Crippen molar-refractivity contribution in [2.24, 2.45) is 5.92 Å². The summed E-state index contributed by atoms with van der Waals surface area (Å²) in [5.74, 6) is -1.69. The van der Waals surface area contributed by atoms with Crippen LogP contribution < -0.4 is 10.6 Å². The number of rotatable bonds is 12. The molecule has 0 saturated carbocycles. The molecule has 2 amide bonds. The molecule has 2 atom stereocenters. The second-order valence-corrected chi connectivity index (χ2v) is 7.41. The summed E-state index contributed by atoms with van der Waals surface area (Å²) in [6.45, 7) is 17.3. The number of aryl methyl sites for hydroxylation is 1. The lowest BCUT2D eigenvalue weighted by Crippen LogP contribution is -2.52. The van der Waals surface area contributed by atoms with Gasteiger partial charge in [0, 0.05) is 12.8 Å². The molecule has 0 unspecified atom stereocenters. The van der Waals surface area contributed by atoms with E-state index < -0.39 is 24.0 Å². The van der Waals surface area contributed by atoms with Gasteiger partial charge in [-0.1, -0.05) is 96.2 Å². The Bertz CT molecular complexity index is 727. The summed E-state index contributed by atoms with van der Waals surface area (Å²) in [4.78, 5) is 36.7. The zero-order valence-electron chi connectivity index (χ0n) is 21.5. The van der Waals surface area contributed by atoms with Gasteiger partial charge in [-0.05, 0) is 31.2 Å². The van der Waals surface area contributed by atoms with Crippen LogP contribution in [0.15, 0.2) is 54.6 Å². The third kappa shape index (κ3) is 14.7. The first-order valence-electron chi connectivity index (χ1n) is 11.9. The summed E-state index contributed by atoms with van der Waals surface area (Å²) >= 11 is 0. The number of carbonyl (C=O) groups excluding carboxylic acids is 2. The van der Waals surface area contributed by atoms with E-state index >= 15 is 0 Å². The third-order valence-electron chi connectivity index (χ3n) is 4.50. The monoisotopic (exact) mass is 460 g/mol. The minimum absolute atomic E-state index is 0.131. The van der Waals surface area contributed by atoms with Crippen molar-refractivity contribution >= 4 is 17.8 Å². The summed E-state index contributed by atoms with van der Waals surface area (Å²) in [5.41, 5.74) is 1.77. The van der Waals surface area contributed by atoms with Crippen molar-refractivity contribution < 1.29 is 19.5 Å². The van der Waals surface area contributed by atoms with Crippen LogP contribution in [-0.4, -0.2) is 35.0 Å². The zero-order chi connectivity index (χ0) is 25.8. The van der Waals surface area contributed by atoms with E-state index in [9.17, 15) is 19.5 Å². The maximum atomic E-state index is 12.8. The number of hydrogen-bond donors (Lipinski definition) is 3. The number of carbonyl (C=O) groups is 3. The fourth-order valence-corrected chi connectivity index (χ4v) is 2.88. The van der Waals surface area contributed by atoms with Crippen molar-refractivity contribution in [3.63, 3.8) is 0 Å². The largest absolute Gasteiger partial charge is 0.480 e. The molecule has 33 heavy (non-hydrogen) atoms. The van der Waals surface area contributed by atoms with E-state index in [1.807, 2.05) is 71.9 Å². The number of amides is 2. The molecule has 0 fully saturated rings. The van der Waals surface area contributed by atoms with Crippen LogP contribution in [0.2, 0.25) is 0 Å². The Labute approximate surface area is 200 Å². The highest BCUT2D eigenvalue weighted by Gasteiger charge is 2.27. The van der Waals surface area contributed by atoms with Gasteiger partial charge in [0.25, 0.3) is 0 Å². The lowest BCUT2D eigenvalue weighted by atomic mass is 10.0. The molecule has 1 aromatic carbocycles. The van der Waals surface area contributed by atoms with Gasteiger partial charge >= 0.3 is 5.97 Å². The molecule has 0 heterocycles. The van der Waals surface area contributed by atoms with Gasteiger partial charge in [-0.25, -0.2) is 4.79 Å². The molecule has 0 bridgehead atoms. The fraction of sp³-hybridized carbons (Fsp3) is 0.519. The van der Waals surface area contributed by atoms with E-state index in [4.69, 9.17) is 0 Å². The number of carboxylic acid groups (broad SMARTS) is 1. The van der Waals surface area contributed by atoms with Crippen LogP contribution in [-0.2, 0) is 20.8 Å². The van der Waals surface area contributed by atoms with Gasteiger partial charge in [-0.2, -0.15) is 0 Å². The van der Waals surface area contributed by atoms with Crippen LogP contribution in [0.5, 0.6) is 0 Å². The highest BCUT2D eigenvalue weighted by molar-refractivity contribution is 5.90. The van der Waals surface area contributed by atoms with Crippen LogP contribution in [0.1, 0.15) is 73.3 Å². The number of allylic oxidation sites excluding steroid dienone is 2. The van der Waals surface area contributed by atoms with E-state index in [0.717, 1.165) is 11.1 Å². The van der Waals surface area contributed by atoms with Crippen molar-refractivity contribution in [1.82, 2.24) is 10.6 Å². The van der Waals surface area contributed by atoms with Gasteiger partial charge < -0.3 is 15.7 Å². The van der Waals surface area contributed by atoms with Gasteiger partial charge in [0.15, 0.2) is 0 Å². The Hall–Kier alpha value is -2.89. The Morgan fingerprint density at radius 3 is 2.00 bits per heavy atom. The molecule has 6 heteroatoms. The predicted octanol–water partition coefficient (Wildman–Crippen LogP) is 5.29. The number of hydrogen-bond acceptors (Lipinski definition) is 3. The van der Waals surface area contributed by atoms with E-state index in [-0.39, 0.29) is 18.2 Å².